The third-order valence-electron chi connectivity index (χ3n) is 8.46. The average Bonchev–Trinajstić information content (AvgIpc) is 3.16. The van der Waals surface area contributed by atoms with Crippen molar-refractivity contribution in [1.29, 1.82) is 0 Å². The van der Waals surface area contributed by atoms with Gasteiger partial charge in [0.15, 0.2) is 0 Å². The van der Waals surface area contributed by atoms with Crippen molar-refractivity contribution in [1.82, 2.24) is 9.97 Å². The van der Waals surface area contributed by atoms with E-state index < -0.39 is 0 Å². The summed E-state index contributed by atoms with van der Waals surface area (Å²) in [4.78, 5) is 12.4. The summed E-state index contributed by atoms with van der Waals surface area (Å²) in [7, 11) is 0. The first-order chi connectivity index (χ1) is 23.3. The molecule has 1 aromatic heterocycles. The highest BCUT2D eigenvalue weighted by atomic mass is 15.1. The largest absolute Gasteiger partial charge is 0.311 e. The zero-order valence-electron chi connectivity index (χ0n) is 25.7. The molecule has 0 spiro atoms. The molecule has 0 unspecified atom stereocenters. The second-order valence-corrected chi connectivity index (χ2v) is 11.5. The second-order valence-electron chi connectivity index (χ2n) is 11.5. The molecule has 3 heteroatoms. The summed E-state index contributed by atoms with van der Waals surface area (Å²) in [5.74, 6) is 0. The van der Waals surface area contributed by atoms with Crippen LogP contribution in [0.25, 0.3) is 55.8 Å². The normalized spacial score (nSPS) is 11.0. The Morgan fingerprint density at radius 3 is 1.17 bits per heavy atom. The van der Waals surface area contributed by atoms with Gasteiger partial charge in [-0.15, -0.1) is 0 Å². The number of fused-ring (bicyclic) bond motifs is 1. The van der Waals surface area contributed by atoms with E-state index >= 15 is 0 Å². The number of hydrogen-bond donors (Lipinski definition) is 0. The maximum absolute atomic E-state index is 5.10. The van der Waals surface area contributed by atoms with Crippen LogP contribution >= 0.6 is 0 Å². The molecule has 0 aliphatic rings. The highest BCUT2D eigenvalue weighted by Crippen LogP contribution is 2.38. The molecule has 0 aliphatic heterocycles. The Balaban J connectivity index is 1.16. The Bertz CT molecular complexity index is 2260. The summed E-state index contributed by atoms with van der Waals surface area (Å²) >= 11 is 0. The number of benzene rings is 7. The maximum atomic E-state index is 5.10. The lowest BCUT2D eigenvalue weighted by Crippen LogP contribution is -2.09. The fourth-order valence-corrected chi connectivity index (χ4v) is 6.10. The number of nitrogens with zero attached hydrogens (tertiary/aromatic N) is 3. The summed E-state index contributed by atoms with van der Waals surface area (Å²) in [6.07, 6.45) is 0. The zero-order chi connectivity index (χ0) is 31.4. The van der Waals surface area contributed by atoms with Crippen molar-refractivity contribution < 1.29 is 0 Å². The Morgan fingerprint density at radius 2 is 0.638 bits per heavy atom. The predicted molar refractivity (Wildman–Crippen MR) is 196 cm³/mol. The van der Waals surface area contributed by atoms with Crippen molar-refractivity contribution in [3.63, 3.8) is 0 Å². The number of aromatic nitrogens is 2. The molecule has 0 saturated carbocycles. The Hall–Kier alpha value is -6.32. The van der Waals surface area contributed by atoms with Gasteiger partial charge in [0.05, 0.1) is 22.4 Å². The third-order valence-corrected chi connectivity index (χ3v) is 8.46. The molecule has 8 rings (SSSR count). The van der Waals surface area contributed by atoms with Gasteiger partial charge in [0.1, 0.15) is 0 Å². The van der Waals surface area contributed by atoms with Gasteiger partial charge in [-0.05, 0) is 76.9 Å². The summed E-state index contributed by atoms with van der Waals surface area (Å²) in [6, 6.07) is 65.6. The SMILES string of the molecule is c1ccc(-c2cccc(-c3ccc(N(c4ccccc4)c4ccc(-c5nc6ccccc6nc5-c5ccccc5)cc4)cc3)c2)cc1. The number of anilines is 3. The first kappa shape index (κ1) is 28.2. The van der Waals surface area contributed by atoms with Crippen LogP contribution in [-0.2, 0) is 0 Å². The molecule has 0 fully saturated rings. The van der Waals surface area contributed by atoms with Gasteiger partial charge < -0.3 is 4.90 Å². The predicted octanol–water partition coefficient (Wildman–Crippen LogP) is 11.8. The Labute approximate surface area is 275 Å². The molecule has 1 heterocycles. The molecule has 0 radical (unpaired) electrons. The summed E-state index contributed by atoms with van der Waals surface area (Å²) in [5, 5.41) is 0. The van der Waals surface area contributed by atoms with Crippen molar-refractivity contribution in [2.45, 2.75) is 0 Å². The van der Waals surface area contributed by atoms with Gasteiger partial charge in [0.2, 0.25) is 0 Å². The van der Waals surface area contributed by atoms with Crippen LogP contribution in [0, 0.1) is 0 Å². The first-order valence-corrected chi connectivity index (χ1v) is 15.8. The van der Waals surface area contributed by atoms with Crippen molar-refractivity contribution in [2.75, 3.05) is 4.90 Å². The highest BCUT2D eigenvalue weighted by Gasteiger charge is 2.16. The van der Waals surface area contributed by atoms with E-state index in [1.165, 1.54) is 22.3 Å². The van der Waals surface area contributed by atoms with Crippen LogP contribution in [0.3, 0.4) is 0 Å². The fraction of sp³-hybridized carbons (Fsp3) is 0. The van der Waals surface area contributed by atoms with Crippen LogP contribution in [0.15, 0.2) is 188 Å². The molecule has 0 N–H and O–H groups in total. The lowest BCUT2D eigenvalue weighted by Gasteiger charge is -2.26. The van der Waals surface area contributed by atoms with Gasteiger partial charge in [-0.2, -0.15) is 0 Å². The smallest absolute Gasteiger partial charge is 0.0973 e. The van der Waals surface area contributed by atoms with Crippen LogP contribution in [0.5, 0.6) is 0 Å². The molecular weight excluding hydrogens is 571 g/mol. The topological polar surface area (TPSA) is 29.0 Å². The summed E-state index contributed by atoms with van der Waals surface area (Å²) < 4.78 is 0. The zero-order valence-corrected chi connectivity index (χ0v) is 25.7. The lowest BCUT2D eigenvalue weighted by molar-refractivity contribution is 1.27. The monoisotopic (exact) mass is 601 g/mol. The molecule has 47 heavy (non-hydrogen) atoms. The van der Waals surface area contributed by atoms with E-state index in [0.29, 0.717) is 0 Å². The number of para-hydroxylation sites is 3. The van der Waals surface area contributed by atoms with Crippen molar-refractivity contribution in [3.8, 4) is 44.8 Å². The summed E-state index contributed by atoms with van der Waals surface area (Å²) in [5.41, 5.74) is 13.6. The van der Waals surface area contributed by atoms with E-state index in [1.54, 1.807) is 0 Å². The maximum Gasteiger partial charge on any atom is 0.0973 e. The molecule has 0 aliphatic carbocycles. The Kier molecular flexibility index (Phi) is 7.54. The molecule has 3 nitrogen and oxygen atoms in total. The van der Waals surface area contributed by atoms with Gasteiger partial charge in [-0.3, -0.25) is 0 Å². The van der Waals surface area contributed by atoms with E-state index in [9.17, 15) is 0 Å². The minimum absolute atomic E-state index is 0.870. The van der Waals surface area contributed by atoms with Crippen molar-refractivity contribution >= 4 is 28.1 Å². The first-order valence-electron chi connectivity index (χ1n) is 15.8. The van der Waals surface area contributed by atoms with E-state index in [0.717, 1.165) is 50.6 Å². The van der Waals surface area contributed by atoms with Crippen molar-refractivity contribution in [3.05, 3.63) is 188 Å². The Morgan fingerprint density at radius 1 is 0.277 bits per heavy atom. The van der Waals surface area contributed by atoms with Gasteiger partial charge in [-0.1, -0.05) is 133 Å². The summed E-state index contributed by atoms with van der Waals surface area (Å²) in [6.45, 7) is 0. The third kappa shape index (κ3) is 5.79. The highest BCUT2D eigenvalue weighted by molar-refractivity contribution is 5.87. The standard InChI is InChI=1S/C44H31N3/c1-4-13-32(14-5-1)36-17-12-18-37(31-36)33-23-27-39(28-24-33)47(38-19-8-3-9-20-38)40-29-25-35(26-30-40)44-43(34-15-6-2-7-16-34)45-41-21-10-11-22-42(41)46-44/h1-31H. The number of rotatable bonds is 7. The minimum atomic E-state index is 0.870. The van der Waals surface area contributed by atoms with Gasteiger partial charge >= 0.3 is 0 Å². The van der Waals surface area contributed by atoms with E-state index in [-0.39, 0.29) is 0 Å². The van der Waals surface area contributed by atoms with Crippen molar-refractivity contribution in [2.24, 2.45) is 0 Å². The molecule has 0 saturated heterocycles. The van der Waals surface area contributed by atoms with Gasteiger partial charge in [-0.25, -0.2) is 9.97 Å². The molecule has 222 valence electrons. The minimum Gasteiger partial charge on any atom is -0.311 e. The lowest BCUT2D eigenvalue weighted by atomic mass is 9.99. The van der Waals surface area contributed by atoms with Crippen LogP contribution in [-0.4, -0.2) is 9.97 Å². The quantitative estimate of drug-likeness (QED) is 0.182. The second kappa shape index (κ2) is 12.6. The molecule has 0 amide bonds. The van der Waals surface area contributed by atoms with Crippen LogP contribution in [0.2, 0.25) is 0 Å². The molecule has 7 aromatic carbocycles. The van der Waals surface area contributed by atoms with Gasteiger partial charge in [0, 0.05) is 28.2 Å². The van der Waals surface area contributed by atoms with E-state index in [2.05, 4.69) is 150 Å². The molecule has 8 aromatic rings. The van der Waals surface area contributed by atoms with E-state index in [4.69, 9.17) is 9.97 Å². The van der Waals surface area contributed by atoms with Crippen LogP contribution in [0.1, 0.15) is 0 Å². The molecule has 0 bridgehead atoms. The molecular formula is C44H31N3. The fourth-order valence-electron chi connectivity index (χ4n) is 6.10. The number of hydrogen-bond acceptors (Lipinski definition) is 3. The molecule has 0 atom stereocenters. The van der Waals surface area contributed by atoms with Gasteiger partial charge in [0.25, 0.3) is 0 Å². The average molecular weight is 602 g/mol. The van der Waals surface area contributed by atoms with E-state index in [1.807, 2.05) is 42.5 Å². The van der Waals surface area contributed by atoms with Crippen LogP contribution < -0.4 is 4.90 Å². The van der Waals surface area contributed by atoms with Crippen LogP contribution in [0.4, 0.5) is 17.1 Å².